The second kappa shape index (κ2) is 6.59. The number of rotatable bonds is 0. The van der Waals surface area contributed by atoms with E-state index in [4.69, 9.17) is 19.2 Å². The van der Waals surface area contributed by atoms with Gasteiger partial charge in [-0.3, -0.25) is 0 Å². The predicted molar refractivity (Wildman–Crippen MR) is 7.61 cm³/mol. The average molecular weight is 259 g/mol. The van der Waals surface area contributed by atoms with Crippen LogP contribution in [0.1, 0.15) is 0 Å². The first-order chi connectivity index (χ1) is 2.00. The van der Waals surface area contributed by atoms with Crippen molar-refractivity contribution >= 4 is 7.82 Å². The first kappa shape index (κ1) is 16.2. The van der Waals surface area contributed by atoms with Gasteiger partial charge < -0.3 is 19.2 Å². The summed E-state index contributed by atoms with van der Waals surface area (Å²) in [5.41, 5.74) is 0. The molecule has 7 heavy (non-hydrogen) atoms. The molecule has 0 aliphatic rings. The number of hydrogen-bond acceptors (Lipinski definition) is 4. The molecule has 0 unspecified atom stereocenters. The molecule has 32 valence electrons. The summed E-state index contributed by atoms with van der Waals surface area (Å²) < 4.78 is 8.55. The first-order valence-electron chi connectivity index (χ1n) is 0.730. The Morgan fingerprint density at radius 2 is 1.14 bits per heavy atom. The maximum Gasteiger partial charge on any atom is 3.00 e. The summed E-state index contributed by atoms with van der Waals surface area (Å²) in [6, 6.07) is 0. The largest absolute Gasteiger partial charge is 3.00 e. The molecule has 0 aliphatic heterocycles. The van der Waals surface area contributed by atoms with E-state index in [1.165, 1.54) is 0 Å². The molecular weight excluding hydrogens is 259 g/mol. The van der Waals surface area contributed by atoms with Gasteiger partial charge in [0.2, 0.25) is 0 Å². The van der Waals surface area contributed by atoms with E-state index < -0.39 is 7.82 Å². The van der Waals surface area contributed by atoms with Crippen molar-refractivity contribution in [1.82, 2.24) is 0 Å². The van der Waals surface area contributed by atoms with Crippen LogP contribution in [0.15, 0.2) is 0 Å². The van der Waals surface area contributed by atoms with Crippen LogP contribution in [0.2, 0.25) is 0 Å². The molecule has 0 atom stereocenters. The summed E-state index contributed by atoms with van der Waals surface area (Å²) in [5.74, 6) is 0. The Labute approximate surface area is 96.2 Å². The van der Waals surface area contributed by atoms with Crippen LogP contribution in [0.5, 0.6) is 0 Å². The Morgan fingerprint density at radius 3 is 1.14 bits per heavy atom. The Hall–Kier alpha value is 2.47. The van der Waals surface area contributed by atoms with Gasteiger partial charge in [-0.25, -0.2) is 0 Å². The van der Waals surface area contributed by atoms with Gasteiger partial charge in [0.15, 0.2) is 0 Å². The van der Waals surface area contributed by atoms with Crippen molar-refractivity contribution in [3.05, 3.63) is 0 Å². The van der Waals surface area contributed by atoms with Gasteiger partial charge in [-0.15, -0.1) is 0 Å². The predicted octanol–water partition coefficient (Wildman–Crippen LogP) is -5.82. The van der Waals surface area contributed by atoms with Crippen molar-refractivity contribution in [2.45, 2.75) is 0 Å². The molecule has 0 aromatic heterocycles. The standard InChI is InChI=1S/Na.H3O4P.Pr/c;1-5(2,3)4;/h;(H3,1,2,3,4);/q+1;;+3/p-3. The molecule has 0 saturated heterocycles. The monoisotopic (exact) mass is 259 g/mol. The minimum atomic E-state index is -5.39. The molecule has 0 saturated carbocycles. The quantitative estimate of drug-likeness (QED) is 0.320. The summed E-state index contributed by atoms with van der Waals surface area (Å²) in [4.78, 5) is 25.6. The third-order valence-corrected chi connectivity index (χ3v) is 0. The van der Waals surface area contributed by atoms with Gasteiger partial charge in [-0.2, -0.15) is 7.82 Å². The Morgan fingerprint density at radius 1 is 1.14 bits per heavy atom. The first-order valence-corrected chi connectivity index (χ1v) is 2.19. The van der Waals surface area contributed by atoms with Crippen LogP contribution in [-0.4, -0.2) is 0 Å². The summed E-state index contributed by atoms with van der Waals surface area (Å²) in [6.07, 6.45) is 0. The summed E-state index contributed by atoms with van der Waals surface area (Å²) in [7, 11) is -5.39. The Balaban J connectivity index is -0.0000000800. The summed E-state index contributed by atoms with van der Waals surface area (Å²) in [6.45, 7) is 0. The van der Waals surface area contributed by atoms with E-state index in [9.17, 15) is 0 Å². The van der Waals surface area contributed by atoms with E-state index in [1.54, 1.807) is 0 Å². The van der Waals surface area contributed by atoms with E-state index in [0.29, 0.717) is 0 Å². The number of phosphoric acid groups is 1. The molecule has 0 aliphatic carbocycles. The normalized spacial score (nSPS) is 8.43. The second-order valence-corrected chi connectivity index (χ2v) is 1.34. The molecule has 0 fully saturated rings. The van der Waals surface area contributed by atoms with Gasteiger partial charge in [-0.05, 0) is 0 Å². The maximum atomic E-state index is 8.55. The molecule has 0 radical (unpaired) electrons. The molecular formula is NaO4PPr+. The number of hydrogen-bond donors (Lipinski definition) is 0. The van der Waals surface area contributed by atoms with E-state index in [2.05, 4.69) is 0 Å². The third-order valence-electron chi connectivity index (χ3n) is 0. The molecule has 0 spiro atoms. The van der Waals surface area contributed by atoms with Crippen molar-refractivity contribution in [3.8, 4) is 0 Å². The summed E-state index contributed by atoms with van der Waals surface area (Å²) >= 11 is 0. The van der Waals surface area contributed by atoms with Crippen molar-refractivity contribution in [3.63, 3.8) is 0 Å². The van der Waals surface area contributed by atoms with Crippen LogP contribution in [0.4, 0.5) is 0 Å². The molecule has 0 heterocycles. The zero-order valence-corrected chi connectivity index (χ0v) is 10.3. The zero-order valence-electron chi connectivity index (χ0n) is 3.66. The molecule has 0 amide bonds. The van der Waals surface area contributed by atoms with Crippen LogP contribution < -0.4 is 44.2 Å². The van der Waals surface area contributed by atoms with Gasteiger partial charge in [0.25, 0.3) is 0 Å². The smallest absolute Gasteiger partial charge is 0.822 e. The summed E-state index contributed by atoms with van der Waals surface area (Å²) in [5, 5.41) is 0. The molecule has 0 aromatic carbocycles. The zero-order chi connectivity index (χ0) is 4.50. The fraction of sp³-hybridized carbons (Fsp3) is 0. The average Bonchev–Trinajstić information content (AvgIpc) is 0.722. The van der Waals surface area contributed by atoms with Crippen molar-refractivity contribution in [2.24, 2.45) is 0 Å². The second-order valence-electron chi connectivity index (χ2n) is 0.447. The van der Waals surface area contributed by atoms with Gasteiger partial charge in [0.05, 0.1) is 0 Å². The van der Waals surface area contributed by atoms with E-state index >= 15 is 0 Å². The van der Waals surface area contributed by atoms with Crippen molar-refractivity contribution < 1.29 is 90.1 Å². The van der Waals surface area contributed by atoms with Crippen molar-refractivity contribution in [1.29, 1.82) is 0 Å². The van der Waals surface area contributed by atoms with Gasteiger partial charge >= 0.3 is 70.8 Å². The van der Waals surface area contributed by atoms with Crippen LogP contribution in [0.3, 0.4) is 0 Å². The van der Waals surface area contributed by atoms with Crippen molar-refractivity contribution in [2.75, 3.05) is 0 Å². The Kier molecular flexibility index (Phi) is 15.3. The molecule has 0 rings (SSSR count). The molecule has 0 N–H and O–H groups in total. The van der Waals surface area contributed by atoms with Gasteiger partial charge in [0, 0.05) is 0 Å². The topological polar surface area (TPSA) is 86.2 Å². The van der Waals surface area contributed by atoms with E-state index in [1.807, 2.05) is 0 Å². The fourth-order valence-corrected chi connectivity index (χ4v) is 0. The van der Waals surface area contributed by atoms with Crippen LogP contribution >= 0.6 is 7.82 Å². The molecule has 7 heteroatoms. The third kappa shape index (κ3) is 58.0. The maximum absolute atomic E-state index is 8.55. The van der Waals surface area contributed by atoms with Crippen LogP contribution in [0, 0.1) is 41.3 Å². The Bertz CT molecular complexity index is 57.8. The molecule has 4 nitrogen and oxygen atoms in total. The van der Waals surface area contributed by atoms with E-state index in [0.717, 1.165) is 0 Å². The van der Waals surface area contributed by atoms with Gasteiger partial charge in [0.1, 0.15) is 0 Å². The minimum absolute atomic E-state index is 0. The van der Waals surface area contributed by atoms with Crippen LogP contribution in [-0.2, 0) is 4.57 Å². The van der Waals surface area contributed by atoms with Gasteiger partial charge in [-0.1, -0.05) is 0 Å². The van der Waals surface area contributed by atoms with Crippen LogP contribution in [0.25, 0.3) is 0 Å². The molecule has 0 bridgehead atoms. The molecule has 0 aromatic rings. The van der Waals surface area contributed by atoms with E-state index in [-0.39, 0.29) is 70.8 Å². The SMILES string of the molecule is O=P([O-])([O-])[O-].[Na+].[Pr+3]. The minimum Gasteiger partial charge on any atom is -0.822 e. The fourth-order valence-electron chi connectivity index (χ4n) is 0.